The molecule has 5 heteroatoms. The molecule has 4 aromatic rings. The molecule has 0 amide bonds. The van der Waals surface area contributed by atoms with Gasteiger partial charge in [0.1, 0.15) is 0 Å². The van der Waals surface area contributed by atoms with Crippen molar-refractivity contribution in [2.75, 3.05) is 5.43 Å². The first-order chi connectivity index (χ1) is 13.3. The van der Waals surface area contributed by atoms with Gasteiger partial charge in [-0.15, -0.1) is 0 Å². The number of imidazole rings is 1. The molecular weight excluding hydrogens is 356 g/mol. The fourth-order valence-corrected chi connectivity index (χ4v) is 2.73. The van der Waals surface area contributed by atoms with E-state index in [0.717, 1.165) is 27.7 Å². The van der Waals surface area contributed by atoms with Gasteiger partial charge < -0.3 is 4.98 Å². The number of rotatable bonds is 3. The van der Waals surface area contributed by atoms with E-state index in [-0.39, 0.29) is 0 Å². The summed E-state index contributed by atoms with van der Waals surface area (Å²) in [5, 5.41) is 4.91. The Morgan fingerprint density at radius 1 is 0.926 bits per heavy atom. The lowest BCUT2D eigenvalue weighted by atomic mass is 10.1. The summed E-state index contributed by atoms with van der Waals surface area (Å²) in [6.07, 6.45) is 1.74. The Kier molecular flexibility index (Phi) is 4.86. The number of nitrogens with zero attached hydrogens (tertiary/aromatic N) is 2. The van der Waals surface area contributed by atoms with Crippen LogP contribution in [0.15, 0.2) is 77.9 Å². The van der Waals surface area contributed by atoms with Crippen molar-refractivity contribution in [3.8, 4) is 11.8 Å². The maximum atomic E-state index is 5.97. The summed E-state index contributed by atoms with van der Waals surface area (Å²) in [7, 11) is 0. The number of hydrazone groups is 1. The van der Waals surface area contributed by atoms with Gasteiger partial charge in [0.15, 0.2) is 0 Å². The Balaban J connectivity index is 1.41. The first kappa shape index (κ1) is 16.9. The highest BCUT2D eigenvalue weighted by Crippen LogP contribution is 2.13. The Morgan fingerprint density at radius 2 is 1.74 bits per heavy atom. The molecule has 4 nitrogen and oxygen atoms in total. The minimum Gasteiger partial charge on any atom is -0.323 e. The lowest BCUT2D eigenvalue weighted by Crippen LogP contribution is -1.92. The Hall–Kier alpha value is -3.55. The summed E-state index contributed by atoms with van der Waals surface area (Å²) in [4.78, 5) is 7.57. The molecule has 0 aliphatic carbocycles. The van der Waals surface area contributed by atoms with Crippen molar-refractivity contribution < 1.29 is 0 Å². The molecule has 3 aromatic carbocycles. The van der Waals surface area contributed by atoms with Gasteiger partial charge in [0, 0.05) is 16.1 Å². The van der Waals surface area contributed by atoms with Crippen LogP contribution in [0.25, 0.3) is 11.0 Å². The number of hydrogen-bond acceptors (Lipinski definition) is 3. The number of para-hydroxylation sites is 2. The summed E-state index contributed by atoms with van der Waals surface area (Å²) in [5.41, 5.74) is 7.57. The summed E-state index contributed by atoms with van der Waals surface area (Å²) >= 11 is 5.97. The standard InChI is InChI=1S/C22H15ClN4/c23-19-5-3-4-17(14-19)11-8-16-9-12-18(13-10-16)15-24-27-22-25-20-6-1-2-7-21(20)26-22/h1-7,9-10,12-15H,(H2,25,26,27)/b24-15+. The van der Waals surface area contributed by atoms with Crippen LogP contribution in [-0.4, -0.2) is 16.2 Å². The molecule has 0 fully saturated rings. The van der Waals surface area contributed by atoms with Gasteiger partial charge in [-0.1, -0.05) is 53.8 Å². The normalized spacial score (nSPS) is 10.7. The van der Waals surface area contributed by atoms with Gasteiger partial charge in [0.2, 0.25) is 5.95 Å². The second-order valence-electron chi connectivity index (χ2n) is 5.85. The predicted molar refractivity (Wildman–Crippen MR) is 111 cm³/mol. The summed E-state index contributed by atoms with van der Waals surface area (Å²) in [6.45, 7) is 0. The third kappa shape index (κ3) is 4.35. The number of aromatic amines is 1. The highest BCUT2D eigenvalue weighted by molar-refractivity contribution is 6.30. The molecule has 2 N–H and O–H groups in total. The second kappa shape index (κ2) is 7.77. The van der Waals surface area contributed by atoms with E-state index in [1.165, 1.54) is 0 Å². The second-order valence-corrected chi connectivity index (χ2v) is 6.29. The fraction of sp³-hybridized carbons (Fsp3) is 0. The molecular formula is C22H15ClN4. The molecule has 0 atom stereocenters. The number of halogens is 1. The minimum absolute atomic E-state index is 0.608. The van der Waals surface area contributed by atoms with Gasteiger partial charge in [-0.2, -0.15) is 5.10 Å². The van der Waals surface area contributed by atoms with Crippen molar-refractivity contribution >= 4 is 34.8 Å². The zero-order valence-electron chi connectivity index (χ0n) is 14.3. The maximum Gasteiger partial charge on any atom is 0.222 e. The van der Waals surface area contributed by atoms with E-state index >= 15 is 0 Å². The average molecular weight is 371 g/mol. The fourth-order valence-electron chi connectivity index (χ4n) is 2.54. The first-order valence-corrected chi connectivity index (χ1v) is 8.75. The molecule has 0 unspecified atom stereocenters. The zero-order chi connectivity index (χ0) is 18.5. The first-order valence-electron chi connectivity index (χ1n) is 8.38. The number of benzene rings is 3. The van der Waals surface area contributed by atoms with E-state index in [4.69, 9.17) is 11.6 Å². The average Bonchev–Trinajstić information content (AvgIpc) is 3.10. The van der Waals surface area contributed by atoms with Gasteiger partial charge >= 0.3 is 0 Å². The Bertz CT molecular complexity index is 1130. The van der Waals surface area contributed by atoms with Crippen LogP contribution in [0, 0.1) is 11.8 Å². The highest BCUT2D eigenvalue weighted by atomic mass is 35.5. The zero-order valence-corrected chi connectivity index (χ0v) is 15.0. The lowest BCUT2D eigenvalue weighted by Gasteiger charge is -1.96. The van der Waals surface area contributed by atoms with Gasteiger partial charge in [0.05, 0.1) is 17.2 Å². The number of aromatic nitrogens is 2. The van der Waals surface area contributed by atoms with Crippen LogP contribution >= 0.6 is 11.6 Å². The van der Waals surface area contributed by atoms with E-state index in [1.807, 2.05) is 72.8 Å². The monoisotopic (exact) mass is 370 g/mol. The van der Waals surface area contributed by atoms with Crippen molar-refractivity contribution in [2.45, 2.75) is 0 Å². The van der Waals surface area contributed by atoms with Crippen molar-refractivity contribution in [1.29, 1.82) is 0 Å². The number of fused-ring (bicyclic) bond motifs is 1. The molecule has 0 bridgehead atoms. The molecule has 0 saturated heterocycles. The molecule has 1 aromatic heterocycles. The summed E-state index contributed by atoms with van der Waals surface area (Å²) in [6, 6.07) is 23.2. The molecule has 0 aliphatic heterocycles. The van der Waals surface area contributed by atoms with Crippen LogP contribution in [0.2, 0.25) is 5.02 Å². The van der Waals surface area contributed by atoms with Gasteiger partial charge in [-0.3, -0.25) is 0 Å². The number of hydrogen-bond donors (Lipinski definition) is 2. The Labute approximate surface area is 161 Å². The lowest BCUT2D eigenvalue weighted by molar-refractivity contribution is 1.21. The molecule has 0 spiro atoms. The van der Waals surface area contributed by atoms with Crippen molar-refractivity contribution in [3.05, 3.63) is 94.5 Å². The maximum absolute atomic E-state index is 5.97. The van der Waals surface area contributed by atoms with Crippen molar-refractivity contribution in [2.24, 2.45) is 5.10 Å². The third-order valence-corrected chi connectivity index (χ3v) is 4.10. The predicted octanol–water partition coefficient (Wildman–Crippen LogP) is 5.06. The van der Waals surface area contributed by atoms with Crippen LogP contribution in [0.1, 0.15) is 16.7 Å². The van der Waals surface area contributed by atoms with Gasteiger partial charge in [-0.05, 0) is 48.0 Å². The molecule has 130 valence electrons. The molecule has 1 heterocycles. The van der Waals surface area contributed by atoms with Crippen LogP contribution in [0.4, 0.5) is 5.95 Å². The highest BCUT2D eigenvalue weighted by Gasteiger charge is 1.99. The summed E-state index contributed by atoms with van der Waals surface area (Å²) < 4.78 is 0. The molecule has 27 heavy (non-hydrogen) atoms. The SMILES string of the molecule is Clc1cccc(C#Cc2ccc(/C=N/Nc3nc4ccccc4[nH]3)cc2)c1. The minimum atomic E-state index is 0.608. The van der Waals surface area contributed by atoms with E-state index in [9.17, 15) is 0 Å². The van der Waals surface area contributed by atoms with Crippen LogP contribution in [0.3, 0.4) is 0 Å². The van der Waals surface area contributed by atoms with Crippen LogP contribution in [0.5, 0.6) is 0 Å². The molecule has 0 saturated carbocycles. The molecule has 0 radical (unpaired) electrons. The number of anilines is 1. The summed E-state index contributed by atoms with van der Waals surface area (Å²) in [5.74, 6) is 6.84. The van der Waals surface area contributed by atoms with Crippen LogP contribution < -0.4 is 5.43 Å². The van der Waals surface area contributed by atoms with Crippen molar-refractivity contribution in [1.82, 2.24) is 9.97 Å². The van der Waals surface area contributed by atoms with Crippen molar-refractivity contribution in [3.63, 3.8) is 0 Å². The number of H-pyrrole nitrogens is 1. The topological polar surface area (TPSA) is 53.1 Å². The van der Waals surface area contributed by atoms with E-state index in [2.05, 4.69) is 32.3 Å². The smallest absolute Gasteiger partial charge is 0.222 e. The quantitative estimate of drug-likeness (QED) is 0.301. The van der Waals surface area contributed by atoms with Gasteiger partial charge in [-0.25, -0.2) is 10.4 Å². The largest absolute Gasteiger partial charge is 0.323 e. The van der Waals surface area contributed by atoms with E-state index < -0.39 is 0 Å². The molecule has 4 rings (SSSR count). The number of nitrogens with one attached hydrogen (secondary N) is 2. The molecule has 0 aliphatic rings. The Morgan fingerprint density at radius 3 is 2.56 bits per heavy atom. The van der Waals surface area contributed by atoms with Gasteiger partial charge in [0.25, 0.3) is 0 Å². The third-order valence-electron chi connectivity index (χ3n) is 3.86. The van der Waals surface area contributed by atoms with Crippen LogP contribution in [-0.2, 0) is 0 Å². The van der Waals surface area contributed by atoms with E-state index in [1.54, 1.807) is 6.21 Å². The van der Waals surface area contributed by atoms with E-state index in [0.29, 0.717) is 11.0 Å².